The molecule has 3 heterocycles. The summed E-state index contributed by atoms with van der Waals surface area (Å²) in [6.07, 6.45) is 4.60. The average Bonchev–Trinajstić information content (AvgIpc) is 3.08. The predicted molar refractivity (Wildman–Crippen MR) is 126 cm³/mol. The number of benzene rings is 2. The molecule has 0 radical (unpaired) electrons. The fourth-order valence-corrected chi connectivity index (χ4v) is 5.60. The molecule has 5 rings (SSSR count). The topological polar surface area (TPSA) is 61.2 Å². The fourth-order valence-electron chi connectivity index (χ4n) is 4.68. The van der Waals surface area contributed by atoms with Crippen LogP contribution in [0, 0.1) is 5.92 Å². The molecular formula is C24H23BrN2O3S. The molecule has 0 spiro atoms. The second-order valence-electron chi connectivity index (χ2n) is 8.15. The Morgan fingerprint density at radius 3 is 2.52 bits per heavy atom. The number of halogens is 1. The highest BCUT2D eigenvalue weighted by Gasteiger charge is 2.30. The summed E-state index contributed by atoms with van der Waals surface area (Å²) in [4.78, 5) is 4.85. The predicted octanol–water partition coefficient (Wildman–Crippen LogP) is 5.37. The number of hydrogen-bond acceptors (Lipinski definition) is 4. The van der Waals surface area contributed by atoms with Crippen molar-refractivity contribution in [1.82, 2.24) is 9.55 Å². The van der Waals surface area contributed by atoms with Crippen LogP contribution in [0.4, 0.5) is 0 Å². The van der Waals surface area contributed by atoms with Crippen LogP contribution in [0.1, 0.15) is 24.4 Å². The van der Waals surface area contributed by atoms with E-state index < -0.39 is 9.84 Å². The van der Waals surface area contributed by atoms with Gasteiger partial charge in [0.05, 0.1) is 27.5 Å². The van der Waals surface area contributed by atoms with Crippen molar-refractivity contribution in [3.05, 3.63) is 70.8 Å². The summed E-state index contributed by atoms with van der Waals surface area (Å²) in [5, 5.41) is 1.02. The smallest absolute Gasteiger partial charge is 0.177 e. The van der Waals surface area contributed by atoms with E-state index in [1.165, 1.54) is 18.0 Å². The standard InChI is InChI=1S/C24H23BrN2O3S/c1-31(28,29)19-14-22-23(26-15-19)20-8-7-18(25)13-21(20)27(22)24(16-5-3-2-4-6-16)17-9-11-30-12-10-17/h2-8,13-15,17,24H,9-12H2,1H3. The van der Waals surface area contributed by atoms with E-state index in [-0.39, 0.29) is 10.9 Å². The molecule has 160 valence electrons. The Morgan fingerprint density at radius 2 is 1.81 bits per heavy atom. The van der Waals surface area contributed by atoms with E-state index in [1.54, 1.807) is 6.07 Å². The van der Waals surface area contributed by atoms with E-state index in [4.69, 9.17) is 4.74 Å². The van der Waals surface area contributed by atoms with E-state index in [2.05, 4.69) is 61.9 Å². The number of nitrogens with zero attached hydrogens (tertiary/aromatic N) is 2. The molecule has 0 bridgehead atoms. The number of pyridine rings is 1. The van der Waals surface area contributed by atoms with Crippen molar-refractivity contribution < 1.29 is 13.2 Å². The maximum atomic E-state index is 12.3. The van der Waals surface area contributed by atoms with Gasteiger partial charge in [0.2, 0.25) is 0 Å². The Balaban J connectivity index is 1.87. The van der Waals surface area contributed by atoms with Gasteiger partial charge in [-0.2, -0.15) is 0 Å². The molecule has 0 amide bonds. The lowest BCUT2D eigenvalue weighted by molar-refractivity contribution is 0.0553. The molecule has 1 aliphatic rings. The number of hydrogen-bond donors (Lipinski definition) is 0. The normalized spacial score (nSPS) is 16.7. The molecule has 7 heteroatoms. The molecule has 2 aromatic heterocycles. The first-order chi connectivity index (χ1) is 14.9. The third-order valence-electron chi connectivity index (χ3n) is 6.14. The minimum atomic E-state index is -3.38. The molecule has 31 heavy (non-hydrogen) atoms. The molecule has 2 aromatic carbocycles. The number of ether oxygens (including phenoxy) is 1. The molecular weight excluding hydrogens is 476 g/mol. The van der Waals surface area contributed by atoms with Crippen molar-refractivity contribution >= 4 is 47.7 Å². The van der Waals surface area contributed by atoms with Crippen molar-refractivity contribution in [3.63, 3.8) is 0 Å². The number of sulfone groups is 1. The van der Waals surface area contributed by atoms with Gasteiger partial charge in [-0.05, 0) is 48.6 Å². The molecule has 1 unspecified atom stereocenters. The first-order valence-electron chi connectivity index (χ1n) is 10.4. The lowest BCUT2D eigenvalue weighted by atomic mass is 9.86. The summed E-state index contributed by atoms with van der Waals surface area (Å²) < 4.78 is 33.6. The summed E-state index contributed by atoms with van der Waals surface area (Å²) in [5.74, 6) is 0.371. The minimum Gasteiger partial charge on any atom is -0.381 e. The Morgan fingerprint density at radius 1 is 1.06 bits per heavy atom. The zero-order valence-corrected chi connectivity index (χ0v) is 19.6. The van der Waals surface area contributed by atoms with Gasteiger partial charge in [-0.25, -0.2) is 8.42 Å². The lowest BCUT2D eigenvalue weighted by Crippen LogP contribution is -2.26. The van der Waals surface area contributed by atoms with Gasteiger partial charge in [-0.1, -0.05) is 46.3 Å². The van der Waals surface area contributed by atoms with E-state index in [9.17, 15) is 8.42 Å². The van der Waals surface area contributed by atoms with Crippen LogP contribution in [0.25, 0.3) is 21.9 Å². The van der Waals surface area contributed by atoms with Crippen LogP contribution >= 0.6 is 15.9 Å². The number of fused-ring (bicyclic) bond motifs is 3. The lowest BCUT2D eigenvalue weighted by Gasteiger charge is -2.33. The van der Waals surface area contributed by atoms with Crippen LogP contribution in [0.15, 0.2) is 70.2 Å². The highest BCUT2D eigenvalue weighted by atomic mass is 79.9. The summed E-state index contributed by atoms with van der Waals surface area (Å²) >= 11 is 3.62. The minimum absolute atomic E-state index is 0.0519. The third kappa shape index (κ3) is 3.79. The fraction of sp³-hybridized carbons (Fsp3) is 0.292. The highest BCUT2D eigenvalue weighted by Crippen LogP contribution is 2.41. The van der Waals surface area contributed by atoms with Gasteiger partial charge in [0.25, 0.3) is 0 Å². The van der Waals surface area contributed by atoms with Crippen molar-refractivity contribution in [2.45, 2.75) is 23.8 Å². The van der Waals surface area contributed by atoms with Gasteiger partial charge in [-0.15, -0.1) is 0 Å². The van der Waals surface area contributed by atoms with Crippen LogP contribution < -0.4 is 0 Å². The van der Waals surface area contributed by atoms with Crippen LogP contribution in [-0.2, 0) is 14.6 Å². The molecule has 1 aliphatic heterocycles. The first-order valence-corrected chi connectivity index (χ1v) is 13.0. The Labute approximate surface area is 190 Å². The molecule has 1 atom stereocenters. The van der Waals surface area contributed by atoms with Gasteiger partial charge in [0.15, 0.2) is 9.84 Å². The van der Waals surface area contributed by atoms with Gasteiger partial charge >= 0.3 is 0 Å². The summed E-state index contributed by atoms with van der Waals surface area (Å²) in [7, 11) is -3.38. The van der Waals surface area contributed by atoms with Crippen LogP contribution in [-0.4, -0.2) is 37.4 Å². The Bertz CT molecular complexity index is 1360. The maximum absolute atomic E-state index is 12.3. The largest absolute Gasteiger partial charge is 0.381 e. The molecule has 0 aliphatic carbocycles. The number of rotatable bonds is 4. The maximum Gasteiger partial charge on any atom is 0.177 e. The Hall–Kier alpha value is -2.22. The van der Waals surface area contributed by atoms with Gasteiger partial charge in [-0.3, -0.25) is 4.98 Å². The molecule has 1 saturated heterocycles. The van der Waals surface area contributed by atoms with Gasteiger partial charge in [0, 0.05) is 35.5 Å². The molecule has 4 aromatic rings. The summed E-state index contributed by atoms with van der Waals surface area (Å²) in [5.41, 5.74) is 3.92. The van der Waals surface area contributed by atoms with Crippen LogP contribution in [0.5, 0.6) is 0 Å². The van der Waals surface area contributed by atoms with Crippen molar-refractivity contribution in [3.8, 4) is 0 Å². The Kier molecular flexibility index (Phi) is 5.36. The van der Waals surface area contributed by atoms with E-state index in [1.807, 2.05) is 12.1 Å². The molecule has 0 N–H and O–H groups in total. The van der Waals surface area contributed by atoms with Gasteiger partial charge in [0.1, 0.15) is 0 Å². The molecule has 1 fully saturated rings. The quantitative estimate of drug-likeness (QED) is 0.379. The van der Waals surface area contributed by atoms with E-state index in [0.29, 0.717) is 5.92 Å². The van der Waals surface area contributed by atoms with Crippen molar-refractivity contribution in [1.29, 1.82) is 0 Å². The van der Waals surface area contributed by atoms with E-state index in [0.717, 1.165) is 52.5 Å². The summed E-state index contributed by atoms with van der Waals surface area (Å²) in [6.45, 7) is 1.48. The van der Waals surface area contributed by atoms with Gasteiger partial charge < -0.3 is 9.30 Å². The highest BCUT2D eigenvalue weighted by molar-refractivity contribution is 9.10. The third-order valence-corrected chi connectivity index (χ3v) is 7.71. The SMILES string of the molecule is CS(=O)(=O)c1cnc2c3ccc(Br)cc3n(C(c3ccccc3)C3CCOCC3)c2c1. The zero-order valence-electron chi connectivity index (χ0n) is 17.2. The van der Waals surface area contributed by atoms with Crippen LogP contribution in [0.3, 0.4) is 0 Å². The first kappa shape index (κ1) is 20.7. The monoisotopic (exact) mass is 498 g/mol. The van der Waals surface area contributed by atoms with E-state index >= 15 is 0 Å². The summed E-state index contributed by atoms with van der Waals surface area (Å²) in [6, 6.07) is 18.5. The van der Waals surface area contributed by atoms with Crippen molar-refractivity contribution in [2.24, 2.45) is 5.92 Å². The van der Waals surface area contributed by atoms with Crippen molar-refractivity contribution in [2.75, 3.05) is 19.5 Å². The second-order valence-corrected chi connectivity index (χ2v) is 11.1. The molecule has 5 nitrogen and oxygen atoms in total. The zero-order chi connectivity index (χ0) is 21.6. The molecule has 0 saturated carbocycles. The second kappa shape index (κ2) is 8.04. The average molecular weight is 499 g/mol. The van der Waals surface area contributed by atoms with Crippen LogP contribution in [0.2, 0.25) is 0 Å². The number of aromatic nitrogens is 2.